The first-order chi connectivity index (χ1) is 6.83. The van der Waals surface area contributed by atoms with Gasteiger partial charge in [-0.1, -0.05) is 19.4 Å². The predicted octanol–water partition coefficient (Wildman–Crippen LogP) is 2.26. The standard InChI is InChI=1S/C11H15N3/c1-2-3-6-9-11(12)10-7-4-5-8-14(10)13-9/h4-5,7-8H,2-3,6,12H2,1H3. The highest BCUT2D eigenvalue weighted by Gasteiger charge is 2.07. The lowest BCUT2D eigenvalue weighted by molar-refractivity contribution is 0.763. The molecule has 0 saturated heterocycles. The van der Waals surface area contributed by atoms with Crippen LogP contribution < -0.4 is 5.73 Å². The summed E-state index contributed by atoms with van der Waals surface area (Å²) in [6.07, 6.45) is 5.23. The van der Waals surface area contributed by atoms with Crippen molar-refractivity contribution in [2.75, 3.05) is 5.73 Å². The second kappa shape index (κ2) is 3.70. The maximum atomic E-state index is 6.00. The summed E-state index contributed by atoms with van der Waals surface area (Å²) in [7, 11) is 0. The second-order valence-corrected chi connectivity index (χ2v) is 3.49. The van der Waals surface area contributed by atoms with Crippen LogP contribution in [0.4, 0.5) is 5.69 Å². The molecule has 2 aromatic rings. The number of nitrogens with zero attached hydrogens (tertiary/aromatic N) is 2. The first kappa shape index (κ1) is 9.06. The Kier molecular flexibility index (Phi) is 2.39. The molecule has 3 heteroatoms. The van der Waals surface area contributed by atoms with Crippen molar-refractivity contribution in [2.45, 2.75) is 26.2 Å². The molecule has 0 fully saturated rings. The van der Waals surface area contributed by atoms with Crippen LogP contribution in [0.3, 0.4) is 0 Å². The van der Waals surface area contributed by atoms with E-state index in [1.165, 1.54) is 6.42 Å². The fraction of sp³-hybridized carbons (Fsp3) is 0.364. The first-order valence-corrected chi connectivity index (χ1v) is 5.04. The average Bonchev–Trinajstić information content (AvgIpc) is 2.54. The Balaban J connectivity index is 2.41. The zero-order valence-corrected chi connectivity index (χ0v) is 8.40. The van der Waals surface area contributed by atoms with Gasteiger partial charge in [-0.3, -0.25) is 0 Å². The van der Waals surface area contributed by atoms with Crippen molar-refractivity contribution in [2.24, 2.45) is 0 Å². The highest BCUT2D eigenvalue weighted by Crippen LogP contribution is 2.19. The zero-order valence-electron chi connectivity index (χ0n) is 8.40. The molecule has 0 aliphatic heterocycles. The molecule has 2 heterocycles. The molecule has 0 amide bonds. The smallest absolute Gasteiger partial charge is 0.0894 e. The average molecular weight is 189 g/mol. The number of rotatable bonds is 3. The van der Waals surface area contributed by atoms with E-state index >= 15 is 0 Å². The van der Waals surface area contributed by atoms with E-state index in [2.05, 4.69) is 12.0 Å². The van der Waals surface area contributed by atoms with Gasteiger partial charge in [0.1, 0.15) is 0 Å². The molecule has 0 aliphatic carbocycles. The molecule has 74 valence electrons. The number of nitrogen functional groups attached to an aromatic ring is 1. The third kappa shape index (κ3) is 1.45. The number of aryl methyl sites for hydroxylation is 1. The summed E-state index contributed by atoms with van der Waals surface area (Å²) >= 11 is 0. The quantitative estimate of drug-likeness (QED) is 0.804. The number of aromatic nitrogens is 2. The van der Waals surface area contributed by atoms with Crippen molar-refractivity contribution >= 4 is 11.2 Å². The van der Waals surface area contributed by atoms with Crippen LogP contribution in [0, 0.1) is 0 Å². The lowest BCUT2D eigenvalue weighted by Gasteiger charge is -1.94. The van der Waals surface area contributed by atoms with Gasteiger partial charge in [-0.2, -0.15) is 5.10 Å². The molecule has 0 unspecified atom stereocenters. The molecule has 14 heavy (non-hydrogen) atoms. The van der Waals surface area contributed by atoms with Gasteiger partial charge in [0.25, 0.3) is 0 Å². The van der Waals surface area contributed by atoms with E-state index < -0.39 is 0 Å². The van der Waals surface area contributed by atoms with Gasteiger partial charge in [-0.15, -0.1) is 0 Å². The molecule has 0 spiro atoms. The third-order valence-electron chi connectivity index (χ3n) is 2.42. The number of hydrogen-bond acceptors (Lipinski definition) is 2. The number of hydrogen-bond donors (Lipinski definition) is 1. The fourth-order valence-corrected chi connectivity index (χ4v) is 1.60. The Morgan fingerprint density at radius 2 is 2.29 bits per heavy atom. The largest absolute Gasteiger partial charge is 0.395 e. The number of pyridine rings is 1. The minimum Gasteiger partial charge on any atom is -0.395 e. The molecule has 0 bridgehead atoms. The molecular formula is C11H15N3. The number of anilines is 1. The lowest BCUT2D eigenvalue weighted by atomic mass is 10.2. The molecule has 0 radical (unpaired) electrons. The van der Waals surface area contributed by atoms with Crippen LogP contribution in [0.25, 0.3) is 5.52 Å². The number of nitrogens with two attached hydrogens (primary N) is 1. The summed E-state index contributed by atoms with van der Waals surface area (Å²) in [5.74, 6) is 0. The maximum Gasteiger partial charge on any atom is 0.0894 e. The van der Waals surface area contributed by atoms with Crippen molar-refractivity contribution in [3.8, 4) is 0 Å². The van der Waals surface area contributed by atoms with Gasteiger partial charge in [0.05, 0.1) is 16.9 Å². The lowest BCUT2D eigenvalue weighted by Crippen LogP contribution is -1.91. The highest BCUT2D eigenvalue weighted by atomic mass is 15.2. The summed E-state index contributed by atoms with van der Waals surface area (Å²) in [6.45, 7) is 2.17. The molecule has 0 saturated carbocycles. The highest BCUT2D eigenvalue weighted by molar-refractivity contribution is 5.71. The van der Waals surface area contributed by atoms with Gasteiger partial charge >= 0.3 is 0 Å². The summed E-state index contributed by atoms with van der Waals surface area (Å²) in [5.41, 5.74) is 8.87. The van der Waals surface area contributed by atoms with Crippen molar-refractivity contribution in [3.05, 3.63) is 30.1 Å². The van der Waals surface area contributed by atoms with Gasteiger partial charge in [0.15, 0.2) is 0 Å². The van der Waals surface area contributed by atoms with Crippen LogP contribution in [0.5, 0.6) is 0 Å². The van der Waals surface area contributed by atoms with Gasteiger partial charge in [0, 0.05) is 6.20 Å². The van der Waals surface area contributed by atoms with Crippen LogP contribution in [0.1, 0.15) is 25.5 Å². The molecule has 0 aromatic carbocycles. The molecule has 2 N–H and O–H groups in total. The Labute approximate surface area is 83.5 Å². The summed E-state index contributed by atoms with van der Waals surface area (Å²) < 4.78 is 1.85. The summed E-state index contributed by atoms with van der Waals surface area (Å²) in [6, 6.07) is 5.94. The molecule has 3 nitrogen and oxygen atoms in total. The van der Waals surface area contributed by atoms with Crippen LogP contribution in [0.2, 0.25) is 0 Å². The SMILES string of the molecule is CCCCc1nn2ccccc2c1N. The Morgan fingerprint density at radius 3 is 3.00 bits per heavy atom. The minimum atomic E-state index is 0.832. The van der Waals surface area contributed by atoms with Gasteiger partial charge < -0.3 is 5.73 Å². The number of fused-ring (bicyclic) bond motifs is 1. The van der Waals surface area contributed by atoms with Gasteiger partial charge in [0.2, 0.25) is 0 Å². The Hall–Kier alpha value is -1.51. The topological polar surface area (TPSA) is 43.3 Å². The van der Waals surface area contributed by atoms with E-state index in [4.69, 9.17) is 5.73 Å². The van der Waals surface area contributed by atoms with Gasteiger partial charge in [-0.05, 0) is 25.0 Å². The minimum absolute atomic E-state index is 0.832. The Morgan fingerprint density at radius 1 is 1.43 bits per heavy atom. The van der Waals surface area contributed by atoms with Crippen LogP contribution in [-0.2, 0) is 6.42 Å². The number of unbranched alkanes of at least 4 members (excludes halogenated alkanes) is 1. The predicted molar refractivity (Wildman–Crippen MR) is 58.2 cm³/mol. The third-order valence-corrected chi connectivity index (χ3v) is 2.42. The molecule has 2 aromatic heterocycles. The molecule has 2 rings (SSSR count). The second-order valence-electron chi connectivity index (χ2n) is 3.49. The normalized spacial score (nSPS) is 10.9. The van der Waals surface area contributed by atoms with Crippen molar-refractivity contribution in [1.29, 1.82) is 0 Å². The molecule has 0 atom stereocenters. The van der Waals surface area contributed by atoms with E-state index in [9.17, 15) is 0 Å². The van der Waals surface area contributed by atoms with E-state index in [0.29, 0.717) is 0 Å². The van der Waals surface area contributed by atoms with Crippen LogP contribution >= 0.6 is 0 Å². The van der Waals surface area contributed by atoms with Crippen LogP contribution in [-0.4, -0.2) is 9.61 Å². The maximum absolute atomic E-state index is 6.00. The van der Waals surface area contributed by atoms with Crippen molar-refractivity contribution in [3.63, 3.8) is 0 Å². The zero-order chi connectivity index (χ0) is 9.97. The Bertz CT molecular complexity index is 431. The first-order valence-electron chi connectivity index (χ1n) is 5.04. The van der Waals surface area contributed by atoms with E-state index in [1.807, 2.05) is 28.9 Å². The summed E-state index contributed by atoms with van der Waals surface area (Å²) in [5, 5.41) is 4.44. The fourth-order valence-electron chi connectivity index (χ4n) is 1.60. The molecule has 0 aliphatic rings. The van der Waals surface area contributed by atoms with E-state index in [0.717, 1.165) is 29.7 Å². The van der Waals surface area contributed by atoms with Crippen LogP contribution in [0.15, 0.2) is 24.4 Å². The van der Waals surface area contributed by atoms with E-state index in [-0.39, 0.29) is 0 Å². The molecular weight excluding hydrogens is 174 g/mol. The monoisotopic (exact) mass is 189 g/mol. The van der Waals surface area contributed by atoms with E-state index in [1.54, 1.807) is 0 Å². The summed E-state index contributed by atoms with van der Waals surface area (Å²) in [4.78, 5) is 0. The van der Waals surface area contributed by atoms with Crippen molar-refractivity contribution in [1.82, 2.24) is 9.61 Å². The van der Waals surface area contributed by atoms with Crippen molar-refractivity contribution < 1.29 is 0 Å². The van der Waals surface area contributed by atoms with Gasteiger partial charge in [-0.25, -0.2) is 4.52 Å².